The normalized spacial score (nSPS) is 24.8. The zero-order chi connectivity index (χ0) is 16.4. The first-order valence-corrected chi connectivity index (χ1v) is 9.04. The Bertz CT molecular complexity index is 603. The molecule has 1 aliphatic carbocycles. The Labute approximate surface area is 142 Å². The second-order valence-corrected chi connectivity index (χ2v) is 7.09. The topological polar surface area (TPSA) is 56.8 Å². The zero-order valence-electron chi connectivity index (χ0n) is 14.0. The second kappa shape index (κ2) is 6.63. The Kier molecular flexibility index (Phi) is 4.35. The summed E-state index contributed by atoms with van der Waals surface area (Å²) in [4.78, 5) is 13.1. The Morgan fingerprint density at radius 3 is 2.67 bits per heavy atom. The molecule has 130 valence electrons. The van der Waals surface area contributed by atoms with Crippen molar-refractivity contribution < 1.29 is 19.0 Å². The minimum atomic E-state index is -0.421. The molecular formula is C19H25NO4. The molecule has 1 aromatic carbocycles. The van der Waals surface area contributed by atoms with Crippen molar-refractivity contribution in [2.45, 2.75) is 37.5 Å². The van der Waals surface area contributed by atoms with Crippen molar-refractivity contribution in [3.05, 3.63) is 23.8 Å². The SMILES string of the molecule is O=C(NC[C@@H]1CCOC1)C1(c2ccc3c(c2)OCCO3)CCCC1. The van der Waals surface area contributed by atoms with Crippen LogP contribution < -0.4 is 14.8 Å². The van der Waals surface area contributed by atoms with E-state index < -0.39 is 5.41 Å². The molecule has 0 spiro atoms. The van der Waals surface area contributed by atoms with E-state index in [0.717, 1.165) is 62.4 Å². The molecule has 0 aromatic heterocycles. The van der Waals surface area contributed by atoms with Crippen LogP contribution >= 0.6 is 0 Å². The maximum atomic E-state index is 13.1. The first-order valence-electron chi connectivity index (χ1n) is 9.04. The molecule has 1 amide bonds. The number of hydrogen-bond donors (Lipinski definition) is 1. The predicted octanol–water partition coefficient (Wildman–Crippen LogP) is 2.42. The number of ether oxygens (including phenoxy) is 3. The molecule has 1 aromatic rings. The number of benzene rings is 1. The van der Waals surface area contributed by atoms with E-state index in [4.69, 9.17) is 14.2 Å². The minimum absolute atomic E-state index is 0.156. The molecule has 24 heavy (non-hydrogen) atoms. The maximum absolute atomic E-state index is 13.1. The molecule has 1 saturated carbocycles. The summed E-state index contributed by atoms with van der Waals surface area (Å²) in [5.74, 6) is 2.15. The summed E-state index contributed by atoms with van der Waals surface area (Å²) < 4.78 is 16.7. The van der Waals surface area contributed by atoms with E-state index in [2.05, 4.69) is 5.32 Å². The van der Waals surface area contributed by atoms with Gasteiger partial charge in [-0.15, -0.1) is 0 Å². The van der Waals surface area contributed by atoms with Crippen LogP contribution in [0.3, 0.4) is 0 Å². The first-order chi connectivity index (χ1) is 11.8. The lowest BCUT2D eigenvalue weighted by molar-refractivity contribution is -0.126. The Morgan fingerprint density at radius 2 is 1.92 bits per heavy atom. The molecule has 4 rings (SSSR count). The van der Waals surface area contributed by atoms with Gasteiger partial charge in [0, 0.05) is 19.1 Å². The van der Waals surface area contributed by atoms with Gasteiger partial charge in [0.1, 0.15) is 13.2 Å². The molecule has 2 aliphatic heterocycles. The summed E-state index contributed by atoms with van der Waals surface area (Å²) in [6, 6.07) is 6.00. The van der Waals surface area contributed by atoms with Crippen molar-refractivity contribution in [3.8, 4) is 11.5 Å². The number of amides is 1. The summed E-state index contributed by atoms with van der Waals surface area (Å²) in [5, 5.41) is 3.19. The molecule has 0 radical (unpaired) electrons. The van der Waals surface area contributed by atoms with Crippen LogP contribution in [0.15, 0.2) is 18.2 Å². The van der Waals surface area contributed by atoms with Gasteiger partial charge in [-0.05, 0) is 37.0 Å². The molecule has 3 aliphatic rings. The van der Waals surface area contributed by atoms with E-state index in [-0.39, 0.29) is 5.91 Å². The van der Waals surface area contributed by atoms with Crippen LogP contribution in [0.4, 0.5) is 0 Å². The molecule has 5 nitrogen and oxygen atoms in total. The van der Waals surface area contributed by atoms with Crippen LogP contribution in [0.1, 0.15) is 37.7 Å². The number of carbonyl (C=O) groups excluding carboxylic acids is 1. The summed E-state index contributed by atoms with van der Waals surface area (Å²) in [7, 11) is 0. The van der Waals surface area contributed by atoms with Gasteiger partial charge in [0.15, 0.2) is 11.5 Å². The highest BCUT2D eigenvalue weighted by atomic mass is 16.6. The lowest BCUT2D eigenvalue weighted by Gasteiger charge is -2.30. The van der Waals surface area contributed by atoms with Crippen LogP contribution in [0, 0.1) is 5.92 Å². The minimum Gasteiger partial charge on any atom is -0.486 e. The van der Waals surface area contributed by atoms with Gasteiger partial charge in [0.2, 0.25) is 5.91 Å². The molecule has 1 atom stereocenters. The monoisotopic (exact) mass is 331 g/mol. The largest absolute Gasteiger partial charge is 0.486 e. The fourth-order valence-corrected chi connectivity index (χ4v) is 4.12. The van der Waals surface area contributed by atoms with E-state index in [9.17, 15) is 4.79 Å². The van der Waals surface area contributed by atoms with Crippen LogP contribution in [-0.2, 0) is 14.9 Å². The van der Waals surface area contributed by atoms with Crippen LogP contribution in [-0.4, -0.2) is 38.9 Å². The molecule has 2 fully saturated rings. The highest BCUT2D eigenvalue weighted by Gasteiger charge is 2.43. The third kappa shape index (κ3) is 2.86. The molecule has 2 heterocycles. The van der Waals surface area contributed by atoms with Crippen LogP contribution in [0.2, 0.25) is 0 Å². The first kappa shape index (κ1) is 15.8. The van der Waals surface area contributed by atoms with Crippen molar-refractivity contribution in [2.24, 2.45) is 5.92 Å². The molecule has 1 N–H and O–H groups in total. The molecule has 0 unspecified atom stereocenters. The summed E-state index contributed by atoms with van der Waals surface area (Å²) in [6.07, 6.45) is 5.03. The van der Waals surface area contributed by atoms with Gasteiger partial charge >= 0.3 is 0 Å². The van der Waals surface area contributed by atoms with E-state index in [1.807, 2.05) is 18.2 Å². The molecule has 0 bridgehead atoms. The smallest absolute Gasteiger partial charge is 0.230 e. The van der Waals surface area contributed by atoms with Gasteiger partial charge in [-0.2, -0.15) is 0 Å². The quantitative estimate of drug-likeness (QED) is 0.921. The zero-order valence-corrected chi connectivity index (χ0v) is 14.0. The van der Waals surface area contributed by atoms with Crippen molar-refractivity contribution >= 4 is 5.91 Å². The third-order valence-corrected chi connectivity index (χ3v) is 5.56. The van der Waals surface area contributed by atoms with E-state index in [1.165, 1.54) is 0 Å². The Balaban J connectivity index is 1.54. The van der Waals surface area contributed by atoms with Crippen molar-refractivity contribution in [1.82, 2.24) is 5.32 Å². The van der Waals surface area contributed by atoms with Crippen LogP contribution in [0.5, 0.6) is 11.5 Å². The average molecular weight is 331 g/mol. The van der Waals surface area contributed by atoms with Gasteiger partial charge in [-0.25, -0.2) is 0 Å². The number of carbonyl (C=O) groups is 1. The number of hydrogen-bond acceptors (Lipinski definition) is 4. The van der Waals surface area contributed by atoms with Crippen LogP contribution in [0.25, 0.3) is 0 Å². The Hall–Kier alpha value is -1.75. The van der Waals surface area contributed by atoms with Gasteiger partial charge in [0.05, 0.1) is 12.0 Å². The van der Waals surface area contributed by atoms with E-state index >= 15 is 0 Å². The molecular weight excluding hydrogens is 306 g/mol. The molecule has 1 saturated heterocycles. The number of nitrogens with one attached hydrogen (secondary N) is 1. The van der Waals surface area contributed by atoms with Gasteiger partial charge < -0.3 is 19.5 Å². The fraction of sp³-hybridized carbons (Fsp3) is 0.632. The van der Waals surface area contributed by atoms with E-state index in [1.54, 1.807) is 0 Å². The Morgan fingerprint density at radius 1 is 1.12 bits per heavy atom. The summed E-state index contributed by atoms with van der Waals surface area (Å²) in [5.41, 5.74) is 0.638. The van der Waals surface area contributed by atoms with Gasteiger partial charge in [-0.1, -0.05) is 18.9 Å². The predicted molar refractivity (Wildman–Crippen MR) is 89.5 cm³/mol. The third-order valence-electron chi connectivity index (χ3n) is 5.56. The fourth-order valence-electron chi connectivity index (χ4n) is 4.12. The highest BCUT2D eigenvalue weighted by molar-refractivity contribution is 5.88. The van der Waals surface area contributed by atoms with E-state index in [0.29, 0.717) is 25.7 Å². The average Bonchev–Trinajstić information content (AvgIpc) is 3.31. The second-order valence-electron chi connectivity index (χ2n) is 7.09. The highest BCUT2D eigenvalue weighted by Crippen LogP contribution is 2.44. The lowest BCUT2D eigenvalue weighted by Crippen LogP contribution is -2.44. The van der Waals surface area contributed by atoms with Gasteiger partial charge in [-0.3, -0.25) is 4.79 Å². The number of rotatable bonds is 4. The van der Waals surface area contributed by atoms with Crippen molar-refractivity contribution in [3.63, 3.8) is 0 Å². The van der Waals surface area contributed by atoms with Crippen molar-refractivity contribution in [2.75, 3.05) is 33.0 Å². The standard InChI is InChI=1S/C19H25NO4/c21-18(20-12-14-5-8-22-13-14)19(6-1-2-7-19)15-3-4-16-17(11-15)24-10-9-23-16/h3-4,11,14H,1-2,5-10,12-13H2,(H,20,21)/t14-/m0/s1. The molecule has 5 heteroatoms. The maximum Gasteiger partial charge on any atom is 0.230 e. The van der Waals surface area contributed by atoms with Crippen molar-refractivity contribution in [1.29, 1.82) is 0 Å². The summed E-state index contributed by atoms with van der Waals surface area (Å²) >= 11 is 0. The number of fused-ring (bicyclic) bond motifs is 1. The lowest BCUT2D eigenvalue weighted by atomic mass is 9.77. The van der Waals surface area contributed by atoms with Gasteiger partial charge in [0.25, 0.3) is 0 Å². The summed E-state index contributed by atoms with van der Waals surface area (Å²) in [6.45, 7) is 3.44.